The van der Waals surface area contributed by atoms with Gasteiger partial charge in [-0.1, -0.05) is 38.8 Å². The van der Waals surface area contributed by atoms with Crippen molar-refractivity contribution in [1.82, 2.24) is 0 Å². The van der Waals surface area contributed by atoms with E-state index in [1.807, 2.05) is 26.0 Å². The first-order valence-corrected chi connectivity index (χ1v) is 8.22. The smallest absolute Gasteiger partial charge is 0.170 e. The van der Waals surface area contributed by atoms with Gasteiger partial charge in [0.2, 0.25) is 0 Å². The molecule has 0 atom stereocenters. The van der Waals surface area contributed by atoms with Crippen molar-refractivity contribution in [3.8, 4) is 17.2 Å². The van der Waals surface area contributed by atoms with Crippen LogP contribution >= 0.6 is 15.9 Å². The molecule has 0 aromatic heterocycles. The van der Waals surface area contributed by atoms with E-state index in [2.05, 4.69) is 27.2 Å². The number of oxime groups is 1. The Morgan fingerprint density at radius 1 is 1.08 bits per heavy atom. The average Bonchev–Trinajstić information content (AvgIpc) is 2.54. The third kappa shape index (κ3) is 4.64. The third-order valence-corrected chi connectivity index (χ3v) is 3.84. The van der Waals surface area contributed by atoms with Crippen LogP contribution in [0.15, 0.2) is 40.0 Å². The van der Waals surface area contributed by atoms with Gasteiger partial charge in [0.25, 0.3) is 0 Å². The van der Waals surface area contributed by atoms with Gasteiger partial charge in [0.05, 0.1) is 13.3 Å². The molecule has 0 radical (unpaired) electrons. The molecule has 2 aromatic carbocycles. The van der Waals surface area contributed by atoms with Crippen LogP contribution in [-0.4, -0.2) is 31.7 Å². The lowest BCUT2D eigenvalue weighted by molar-refractivity contribution is 0.210. The molecule has 0 bridgehead atoms. The third-order valence-electron chi connectivity index (χ3n) is 3.38. The van der Waals surface area contributed by atoms with Gasteiger partial charge >= 0.3 is 0 Å². The van der Waals surface area contributed by atoms with Crippen LogP contribution in [0.1, 0.15) is 16.7 Å². The molecule has 0 saturated carbocycles. The molecule has 0 aliphatic rings. The van der Waals surface area contributed by atoms with Crippen molar-refractivity contribution >= 4 is 22.1 Å². The monoisotopic (exact) mass is 393 g/mol. The summed E-state index contributed by atoms with van der Waals surface area (Å²) in [6.45, 7) is 4.77. The van der Waals surface area contributed by atoms with Gasteiger partial charge in [0.15, 0.2) is 11.5 Å². The molecule has 0 aliphatic carbocycles. The fourth-order valence-corrected chi connectivity index (χ4v) is 2.76. The number of nitrogens with zero attached hydrogens (tertiary/aromatic N) is 1. The van der Waals surface area contributed by atoms with E-state index >= 15 is 0 Å². The minimum atomic E-state index is 0.331. The number of hydrogen-bond donors (Lipinski definition) is 1. The van der Waals surface area contributed by atoms with Gasteiger partial charge in [-0.15, -0.1) is 0 Å². The zero-order valence-corrected chi connectivity index (χ0v) is 15.5. The summed E-state index contributed by atoms with van der Waals surface area (Å²) in [5.74, 6) is 1.89. The Labute approximate surface area is 150 Å². The van der Waals surface area contributed by atoms with Crippen molar-refractivity contribution in [3.63, 3.8) is 0 Å². The Hall–Kier alpha value is -2.21. The van der Waals surface area contributed by atoms with Gasteiger partial charge in [-0.3, -0.25) is 0 Å². The summed E-state index contributed by atoms with van der Waals surface area (Å²) in [6.07, 6.45) is 1.30. The van der Waals surface area contributed by atoms with Crippen LogP contribution in [0.4, 0.5) is 0 Å². The molecule has 128 valence electrons. The highest BCUT2D eigenvalue weighted by Gasteiger charge is 2.12. The van der Waals surface area contributed by atoms with Crippen LogP contribution < -0.4 is 14.2 Å². The highest BCUT2D eigenvalue weighted by Crippen LogP contribution is 2.34. The predicted molar refractivity (Wildman–Crippen MR) is 97.0 cm³/mol. The number of benzene rings is 2. The number of hydrogen-bond acceptors (Lipinski definition) is 5. The summed E-state index contributed by atoms with van der Waals surface area (Å²) in [6, 6.07) is 9.60. The molecule has 0 spiro atoms. The van der Waals surface area contributed by atoms with Crippen molar-refractivity contribution < 1.29 is 19.4 Å². The first-order valence-electron chi connectivity index (χ1n) is 7.43. The van der Waals surface area contributed by atoms with E-state index in [1.165, 1.54) is 11.8 Å². The molecule has 0 heterocycles. The molecule has 0 saturated heterocycles. The summed E-state index contributed by atoms with van der Waals surface area (Å²) < 4.78 is 17.7. The van der Waals surface area contributed by atoms with E-state index in [4.69, 9.17) is 19.4 Å². The van der Waals surface area contributed by atoms with Gasteiger partial charge in [-0.05, 0) is 37.6 Å². The Bertz CT molecular complexity index is 731. The highest BCUT2D eigenvalue weighted by atomic mass is 79.9. The molecule has 2 aromatic rings. The molecule has 5 nitrogen and oxygen atoms in total. The quantitative estimate of drug-likeness (QED) is 0.329. The maximum absolute atomic E-state index is 8.80. The van der Waals surface area contributed by atoms with E-state index in [1.54, 1.807) is 19.2 Å². The minimum Gasteiger partial charge on any atom is -0.493 e. The summed E-state index contributed by atoms with van der Waals surface area (Å²) in [5, 5.41) is 11.9. The maximum Gasteiger partial charge on any atom is 0.170 e. The largest absolute Gasteiger partial charge is 0.493 e. The molecule has 0 fully saturated rings. The van der Waals surface area contributed by atoms with Crippen molar-refractivity contribution in [1.29, 1.82) is 0 Å². The number of aryl methyl sites for hydroxylation is 2. The Morgan fingerprint density at radius 3 is 2.50 bits per heavy atom. The fraction of sp³-hybridized carbons (Fsp3) is 0.278. The molecule has 2 rings (SSSR count). The van der Waals surface area contributed by atoms with Gasteiger partial charge in [-0.2, -0.15) is 0 Å². The number of halogens is 1. The van der Waals surface area contributed by atoms with Crippen LogP contribution in [0.25, 0.3) is 0 Å². The lowest BCUT2D eigenvalue weighted by Crippen LogP contribution is -2.11. The molecule has 0 unspecified atom stereocenters. The van der Waals surface area contributed by atoms with Crippen molar-refractivity contribution in [2.24, 2.45) is 5.16 Å². The van der Waals surface area contributed by atoms with E-state index in [-0.39, 0.29) is 0 Å². The lowest BCUT2D eigenvalue weighted by Gasteiger charge is -2.15. The zero-order chi connectivity index (χ0) is 17.5. The van der Waals surface area contributed by atoms with Crippen LogP contribution in [0.2, 0.25) is 0 Å². The van der Waals surface area contributed by atoms with Crippen molar-refractivity contribution in [2.75, 3.05) is 20.3 Å². The van der Waals surface area contributed by atoms with E-state index < -0.39 is 0 Å². The Morgan fingerprint density at radius 2 is 1.83 bits per heavy atom. The van der Waals surface area contributed by atoms with Crippen LogP contribution in [0.3, 0.4) is 0 Å². The minimum absolute atomic E-state index is 0.331. The number of methoxy groups -OCH3 is 1. The summed E-state index contributed by atoms with van der Waals surface area (Å²) >= 11 is 3.38. The van der Waals surface area contributed by atoms with Gasteiger partial charge in [-0.25, -0.2) is 0 Å². The van der Waals surface area contributed by atoms with Gasteiger partial charge < -0.3 is 19.4 Å². The van der Waals surface area contributed by atoms with Gasteiger partial charge in [0, 0.05) is 10.0 Å². The van der Waals surface area contributed by atoms with E-state index in [0.29, 0.717) is 30.3 Å². The highest BCUT2D eigenvalue weighted by molar-refractivity contribution is 9.10. The normalized spacial score (nSPS) is 10.8. The molecule has 1 N–H and O–H groups in total. The molecular formula is C18H20BrNO4. The fourth-order valence-electron chi connectivity index (χ4n) is 2.31. The second-order valence-electron chi connectivity index (χ2n) is 5.24. The lowest BCUT2D eigenvalue weighted by atomic mass is 10.1. The standard InChI is InChI=1S/C18H20BrNO4/c1-12-4-5-16(13(2)8-12)23-6-7-24-18-14(11-20-21)9-15(19)10-17(18)22-3/h4-5,8-11,21H,6-7H2,1-3H3. The van der Waals surface area contributed by atoms with Gasteiger partial charge in [0.1, 0.15) is 19.0 Å². The first-order chi connectivity index (χ1) is 11.5. The topological polar surface area (TPSA) is 60.3 Å². The predicted octanol–water partition coefficient (Wildman–Crippen LogP) is 4.34. The summed E-state index contributed by atoms with van der Waals surface area (Å²) in [4.78, 5) is 0. The second kappa shape index (κ2) is 8.59. The second-order valence-corrected chi connectivity index (χ2v) is 6.15. The SMILES string of the molecule is COc1cc(Br)cc(C=NO)c1OCCOc1ccc(C)cc1C. The van der Waals surface area contributed by atoms with Crippen LogP contribution in [0, 0.1) is 13.8 Å². The zero-order valence-electron chi connectivity index (χ0n) is 13.9. The van der Waals surface area contributed by atoms with E-state index in [0.717, 1.165) is 15.8 Å². The number of ether oxygens (including phenoxy) is 3. The molecule has 0 amide bonds. The van der Waals surface area contributed by atoms with Crippen molar-refractivity contribution in [2.45, 2.75) is 13.8 Å². The Kier molecular flexibility index (Phi) is 6.49. The molecule has 6 heteroatoms. The molecular weight excluding hydrogens is 374 g/mol. The summed E-state index contributed by atoms with van der Waals surface area (Å²) in [7, 11) is 1.56. The first kappa shape index (κ1) is 18.1. The number of rotatable bonds is 7. The maximum atomic E-state index is 8.80. The molecule has 24 heavy (non-hydrogen) atoms. The average molecular weight is 394 g/mol. The van der Waals surface area contributed by atoms with Crippen molar-refractivity contribution in [3.05, 3.63) is 51.5 Å². The molecule has 0 aliphatic heterocycles. The summed E-state index contributed by atoms with van der Waals surface area (Å²) in [5.41, 5.74) is 2.89. The Balaban J connectivity index is 2.03. The van der Waals surface area contributed by atoms with E-state index in [9.17, 15) is 0 Å². The van der Waals surface area contributed by atoms with Crippen LogP contribution in [-0.2, 0) is 0 Å². The van der Waals surface area contributed by atoms with Crippen LogP contribution in [0.5, 0.6) is 17.2 Å².